The zero-order valence-corrected chi connectivity index (χ0v) is 12.1. The summed E-state index contributed by atoms with van der Waals surface area (Å²) in [5, 5.41) is 6.12. The quantitative estimate of drug-likeness (QED) is 0.860. The molecule has 0 spiro atoms. The Kier molecular flexibility index (Phi) is 4.82. The molecule has 0 atom stereocenters. The monoisotopic (exact) mass is 294 g/mol. The van der Waals surface area contributed by atoms with E-state index in [1.165, 1.54) is 4.88 Å². The Morgan fingerprint density at radius 1 is 1.16 bits per heavy atom. The van der Waals surface area contributed by atoms with Gasteiger partial charge in [0.15, 0.2) is 0 Å². The molecule has 0 bridgehead atoms. The zero-order chi connectivity index (χ0) is 13.7. The molecule has 0 aliphatic carbocycles. The SMILES string of the molecule is CCC(=O)Nc1ccc(NCc2ccc(Cl)s2)cc1. The highest BCUT2D eigenvalue weighted by molar-refractivity contribution is 7.16. The minimum absolute atomic E-state index is 0.0222. The summed E-state index contributed by atoms with van der Waals surface area (Å²) in [5.41, 5.74) is 1.83. The van der Waals surface area contributed by atoms with Crippen LogP contribution in [-0.4, -0.2) is 5.91 Å². The van der Waals surface area contributed by atoms with Crippen LogP contribution in [0.3, 0.4) is 0 Å². The Morgan fingerprint density at radius 3 is 2.42 bits per heavy atom. The van der Waals surface area contributed by atoms with Crippen LogP contribution in [0.15, 0.2) is 36.4 Å². The van der Waals surface area contributed by atoms with Crippen molar-refractivity contribution in [1.29, 1.82) is 0 Å². The van der Waals surface area contributed by atoms with Crippen molar-refractivity contribution < 1.29 is 4.79 Å². The minimum Gasteiger partial charge on any atom is -0.380 e. The van der Waals surface area contributed by atoms with E-state index in [1.54, 1.807) is 11.3 Å². The predicted octanol–water partition coefficient (Wildman–Crippen LogP) is 4.36. The van der Waals surface area contributed by atoms with Gasteiger partial charge in [-0.15, -0.1) is 11.3 Å². The lowest BCUT2D eigenvalue weighted by molar-refractivity contribution is -0.115. The summed E-state index contributed by atoms with van der Waals surface area (Å²) in [6.45, 7) is 2.58. The summed E-state index contributed by atoms with van der Waals surface area (Å²) in [6.07, 6.45) is 0.485. The van der Waals surface area contributed by atoms with E-state index in [-0.39, 0.29) is 5.91 Å². The first-order valence-corrected chi connectivity index (χ1v) is 7.25. The third kappa shape index (κ3) is 4.26. The van der Waals surface area contributed by atoms with Gasteiger partial charge in [-0.3, -0.25) is 4.79 Å². The summed E-state index contributed by atoms with van der Waals surface area (Å²) < 4.78 is 0.800. The van der Waals surface area contributed by atoms with Crippen LogP contribution in [0.5, 0.6) is 0 Å². The van der Waals surface area contributed by atoms with Crippen LogP contribution in [0.1, 0.15) is 18.2 Å². The van der Waals surface area contributed by atoms with Crippen molar-refractivity contribution in [1.82, 2.24) is 0 Å². The van der Waals surface area contributed by atoms with Crippen molar-refractivity contribution in [2.45, 2.75) is 19.9 Å². The highest BCUT2D eigenvalue weighted by Gasteiger charge is 2.00. The van der Waals surface area contributed by atoms with Gasteiger partial charge < -0.3 is 10.6 Å². The number of amides is 1. The number of rotatable bonds is 5. The third-order valence-corrected chi connectivity index (χ3v) is 3.82. The Hall–Kier alpha value is -1.52. The molecule has 0 saturated carbocycles. The van der Waals surface area contributed by atoms with Crippen LogP contribution in [0.2, 0.25) is 4.34 Å². The van der Waals surface area contributed by atoms with Gasteiger partial charge in [-0.1, -0.05) is 18.5 Å². The molecule has 1 amide bonds. The van der Waals surface area contributed by atoms with E-state index in [0.717, 1.165) is 22.3 Å². The molecular formula is C14H15ClN2OS. The van der Waals surface area contributed by atoms with E-state index in [4.69, 9.17) is 11.6 Å². The second-order valence-corrected chi connectivity index (χ2v) is 5.84. The van der Waals surface area contributed by atoms with E-state index in [0.29, 0.717) is 6.42 Å². The molecule has 0 aliphatic rings. The van der Waals surface area contributed by atoms with Crippen molar-refractivity contribution in [3.05, 3.63) is 45.6 Å². The highest BCUT2D eigenvalue weighted by Crippen LogP contribution is 2.22. The Morgan fingerprint density at radius 2 is 1.84 bits per heavy atom. The van der Waals surface area contributed by atoms with Gasteiger partial charge in [-0.25, -0.2) is 0 Å². The van der Waals surface area contributed by atoms with Crippen molar-refractivity contribution in [3.63, 3.8) is 0 Å². The van der Waals surface area contributed by atoms with Crippen molar-refractivity contribution in [2.24, 2.45) is 0 Å². The standard InChI is InChI=1S/C14H15ClN2OS/c1-2-14(18)17-11-5-3-10(4-6-11)16-9-12-7-8-13(15)19-12/h3-8,16H,2,9H2,1H3,(H,17,18). The zero-order valence-electron chi connectivity index (χ0n) is 10.6. The second-order valence-electron chi connectivity index (χ2n) is 4.04. The number of benzene rings is 1. The maximum atomic E-state index is 11.2. The van der Waals surface area contributed by atoms with E-state index >= 15 is 0 Å². The maximum absolute atomic E-state index is 11.2. The number of thiophene rings is 1. The van der Waals surface area contributed by atoms with Gasteiger partial charge in [0.05, 0.1) is 4.34 Å². The van der Waals surface area contributed by atoms with Gasteiger partial charge in [0.25, 0.3) is 0 Å². The first kappa shape index (κ1) is 13.9. The van der Waals surface area contributed by atoms with Gasteiger partial charge in [0.1, 0.15) is 0 Å². The Bertz CT molecular complexity index is 551. The predicted molar refractivity (Wildman–Crippen MR) is 82.0 cm³/mol. The summed E-state index contributed by atoms with van der Waals surface area (Å²) in [4.78, 5) is 12.4. The van der Waals surface area contributed by atoms with Gasteiger partial charge >= 0.3 is 0 Å². The van der Waals surface area contributed by atoms with Gasteiger partial charge in [-0.05, 0) is 36.4 Å². The fourth-order valence-corrected chi connectivity index (χ4v) is 2.58. The largest absolute Gasteiger partial charge is 0.380 e. The molecule has 0 aliphatic heterocycles. The Labute approximate surface area is 121 Å². The molecule has 19 heavy (non-hydrogen) atoms. The van der Waals surface area contributed by atoms with E-state index in [2.05, 4.69) is 10.6 Å². The van der Waals surface area contributed by atoms with E-state index < -0.39 is 0 Å². The molecule has 5 heteroatoms. The van der Waals surface area contributed by atoms with E-state index in [1.807, 2.05) is 43.3 Å². The molecule has 0 radical (unpaired) electrons. The molecule has 0 saturated heterocycles. The van der Waals surface area contributed by atoms with Crippen LogP contribution in [0, 0.1) is 0 Å². The van der Waals surface area contributed by atoms with Crippen LogP contribution >= 0.6 is 22.9 Å². The van der Waals surface area contributed by atoms with Crippen molar-refractivity contribution in [3.8, 4) is 0 Å². The van der Waals surface area contributed by atoms with Crippen LogP contribution < -0.4 is 10.6 Å². The highest BCUT2D eigenvalue weighted by atomic mass is 35.5. The van der Waals surface area contributed by atoms with Crippen molar-refractivity contribution in [2.75, 3.05) is 10.6 Å². The van der Waals surface area contributed by atoms with E-state index in [9.17, 15) is 4.79 Å². The normalized spacial score (nSPS) is 10.2. The first-order valence-electron chi connectivity index (χ1n) is 6.05. The average Bonchev–Trinajstić information content (AvgIpc) is 2.83. The maximum Gasteiger partial charge on any atom is 0.224 e. The third-order valence-electron chi connectivity index (χ3n) is 2.59. The molecule has 0 unspecified atom stereocenters. The molecule has 2 aromatic rings. The Balaban J connectivity index is 1.89. The smallest absolute Gasteiger partial charge is 0.224 e. The van der Waals surface area contributed by atoms with Gasteiger partial charge in [0, 0.05) is 29.2 Å². The molecular weight excluding hydrogens is 280 g/mol. The van der Waals surface area contributed by atoms with Crippen molar-refractivity contribution >= 4 is 40.2 Å². The van der Waals surface area contributed by atoms with Gasteiger partial charge in [0.2, 0.25) is 5.91 Å². The molecule has 0 fully saturated rings. The number of halogens is 1. The summed E-state index contributed by atoms with van der Waals surface area (Å²) in [6, 6.07) is 11.6. The number of carbonyl (C=O) groups is 1. The molecule has 2 rings (SSSR count). The average molecular weight is 295 g/mol. The van der Waals surface area contributed by atoms with Crippen LogP contribution in [0.25, 0.3) is 0 Å². The first-order chi connectivity index (χ1) is 9.17. The lowest BCUT2D eigenvalue weighted by Crippen LogP contribution is -2.09. The molecule has 1 aromatic carbocycles. The summed E-state index contributed by atoms with van der Waals surface area (Å²) >= 11 is 7.44. The number of hydrogen-bond donors (Lipinski definition) is 2. The second kappa shape index (κ2) is 6.59. The topological polar surface area (TPSA) is 41.1 Å². The minimum atomic E-state index is 0.0222. The van der Waals surface area contributed by atoms with Gasteiger partial charge in [-0.2, -0.15) is 0 Å². The number of anilines is 2. The number of carbonyl (C=O) groups excluding carboxylic acids is 1. The summed E-state index contributed by atoms with van der Waals surface area (Å²) in [5.74, 6) is 0.0222. The molecule has 1 heterocycles. The molecule has 100 valence electrons. The number of nitrogens with one attached hydrogen (secondary N) is 2. The van der Waals surface area contributed by atoms with Crippen LogP contribution in [-0.2, 0) is 11.3 Å². The summed E-state index contributed by atoms with van der Waals surface area (Å²) in [7, 11) is 0. The lowest BCUT2D eigenvalue weighted by atomic mass is 10.2. The fourth-order valence-electron chi connectivity index (χ4n) is 1.56. The lowest BCUT2D eigenvalue weighted by Gasteiger charge is -2.07. The number of hydrogen-bond acceptors (Lipinski definition) is 3. The fraction of sp³-hybridized carbons (Fsp3) is 0.214. The molecule has 3 nitrogen and oxygen atoms in total. The molecule has 1 aromatic heterocycles. The van der Waals surface area contributed by atoms with Crippen LogP contribution in [0.4, 0.5) is 11.4 Å². The molecule has 2 N–H and O–H groups in total.